The van der Waals surface area contributed by atoms with Crippen molar-refractivity contribution in [2.45, 2.75) is 26.2 Å². The molecule has 2 aromatic rings. The molecular formula is C19H21ClN2O3. The summed E-state index contributed by atoms with van der Waals surface area (Å²) in [4.78, 5) is 25.8. The second-order valence-electron chi connectivity index (χ2n) is 5.97. The third kappa shape index (κ3) is 4.59. The summed E-state index contributed by atoms with van der Waals surface area (Å²) in [6, 6.07) is 13.0. The van der Waals surface area contributed by atoms with Crippen molar-refractivity contribution >= 4 is 34.8 Å². The number of carbonyl (C=O) groups excluding carboxylic acids is 2. The van der Waals surface area contributed by atoms with Gasteiger partial charge in [-0.15, -0.1) is 0 Å². The summed E-state index contributed by atoms with van der Waals surface area (Å²) in [5.74, 6) is -0.0666. The van der Waals surface area contributed by atoms with E-state index in [0.29, 0.717) is 10.7 Å². The van der Waals surface area contributed by atoms with Crippen LogP contribution in [0.15, 0.2) is 42.5 Å². The minimum absolute atomic E-state index is 0. The van der Waals surface area contributed by atoms with Crippen molar-refractivity contribution in [3.8, 4) is 0 Å². The van der Waals surface area contributed by atoms with Gasteiger partial charge in [-0.2, -0.15) is 0 Å². The molecule has 5 nitrogen and oxygen atoms in total. The second-order valence-corrected chi connectivity index (χ2v) is 6.41. The molecule has 1 aliphatic rings. The van der Waals surface area contributed by atoms with Crippen LogP contribution in [0.4, 0.5) is 11.4 Å². The molecule has 0 bridgehead atoms. The van der Waals surface area contributed by atoms with Gasteiger partial charge in [0.15, 0.2) is 0 Å². The third-order valence-corrected chi connectivity index (χ3v) is 4.40. The molecule has 3 rings (SSSR count). The highest BCUT2D eigenvalue weighted by Crippen LogP contribution is 2.30. The van der Waals surface area contributed by atoms with E-state index in [9.17, 15) is 9.59 Å². The van der Waals surface area contributed by atoms with Crippen LogP contribution >= 0.6 is 11.6 Å². The zero-order valence-electron chi connectivity index (χ0n) is 14.0. The lowest BCUT2D eigenvalue weighted by Gasteiger charge is -2.29. The molecule has 6 heteroatoms. The zero-order valence-corrected chi connectivity index (χ0v) is 14.8. The first-order valence-corrected chi connectivity index (χ1v) is 8.36. The van der Waals surface area contributed by atoms with E-state index in [4.69, 9.17) is 11.6 Å². The summed E-state index contributed by atoms with van der Waals surface area (Å²) in [5, 5.41) is 3.56. The van der Waals surface area contributed by atoms with Crippen molar-refractivity contribution in [1.82, 2.24) is 0 Å². The monoisotopic (exact) mass is 360 g/mol. The maximum atomic E-state index is 12.2. The van der Waals surface area contributed by atoms with Crippen molar-refractivity contribution in [2.75, 3.05) is 16.8 Å². The quantitative estimate of drug-likeness (QED) is 0.912. The Balaban J connectivity index is 0.00000225. The number of halogens is 1. The van der Waals surface area contributed by atoms with Gasteiger partial charge in [0.25, 0.3) is 0 Å². The number of anilines is 2. The second kappa shape index (κ2) is 8.14. The molecule has 132 valence electrons. The van der Waals surface area contributed by atoms with Crippen LogP contribution in [-0.4, -0.2) is 23.8 Å². The summed E-state index contributed by atoms with van der Waals surface area (Å²) >= 11 is 5.85. The van der Waals surface area contributed by atoms with Gasteiger partial charge in [0.05, 0.1) is 6.42 Å². The number of nitrogens with one attached hydrogen (secondary N) is 1. The van der Waals surface area contributed by atoms with Crippen LogP contribution in [0.5, 0.6) is 0 Å². The maximum Gasteiger partial charge on any atom is 0.228 e. The highest BCUT2D eigenvalue weighted by Gasteiger charge is 2.20. The molecule has 0 spiro atoms. The van der Waals surface area contributed by atoms with Gasteiger partial charge in [-0.3, -0.25) is 9.59 Å². The number of carbonyl (C=O) groups is 2. The van der Waals surface area contributed by atoms with Crippen LogP contribution in [0, 0.1) is 0 Å². The Morgan fingerprint density at radius 3 is 2.56 bits per heavy atom. The van der Waals surface area contributed by atoms with E-state index in [1.165, 1.54) is 0 Å². The standard InChI is InChI=1S/C19H19ClN2O2.H2O/c1-13(23)22-10-2-3-15-6-9-17(12-18(15)22)21-19(24)11-14-4-7-16(20)8-5-14;/h4-9,12H,2-3,10-11H2,1H3,(H,21,24);1H2. The van der Waals surface area contributed by atoms with E-state index < -0.39 is 0 Å². The van der Waals surface area contributed by atoms with Crippen molar-refractivity contribution < 1.29 is 15.1 Å². The first kappa shape index (κ1) is 19.0. The van der Waals surface area contributed by atoms with E-state index >= 15 is 0 Å². The van der Waals surface area contributed by atoms with Gasteiger partial charge in [-0.25, -0.2) is 0 Å². The lowest BCUT2D eigenvalue weighted by atomic mass is 10.0. The maximum absolute atomic E-state index is 12.2. The van der Waals surface area contributed by atoms with E-state index in [-0.39, 0.29) is 23.7 Å². The lowest BCUT2D eigenvalue weighted by Crippen LogP contribution is -2.33. The van der Waals surface area contributed by atoms with Crippen molar-refractivity contribution in [1.29, 1.82) is 0 Å². The number of benzene rings is 2. The molecule has 0 saturated heterocycles. The Morgan fingerprint density at radius 1 is 1.16 bits per heavy atom. The van der Waals surface area contributed by atoms with Gasteiger partial charge in [0, 0.05) is 29.9 Å². The summed E-state index contributed by atoms with van der Waals surface area (Å²) in [6.07, 6.45) is 2.21. The average molecular weight is 361 g/mol. The van der Waals surface area contributed by atoms with Crippen LogP contribution < -0.4 is 10.2 Å². The molecule has 2 aromatic carbocycles. The first-order valence-electron chi connectivity index (χ1n) is 7.98. The molecule has 25 heavy (non-hydrogen) atoms. The number of hydrogen-bond acceptors (Lipinski definition) is 2. The highest BCUT2D eigenvalue weighted by molar-refractivity contribution is 6.30. The fourth-order valence-corrected chi connectivity index (χ4v) is 3.10. The van der Waals surface area contributed by atoms with Gasteiger partial charge >= 0.3 is 0 Å². The van der Waals surface area contributed by atoms with Crippen LogP contribution in [0.3, 0.4) is 0 Å². The lowest BCUT2D eigenvalue weighted by molar-refractivity contribution is -0.117. The van der Waals surface area contributed by atoms with Crippen molar-refractivity contribution in [3.63, 3.8) is 0 Å². The van der Waals surface area contributed by atoms with E-state index in [2.05, 4.69) is 5.32 Å². The number of aryl methyl sites for hydroxylation is 1. The van der Waals surface area contributed by atoms with Crippen LogP contribution in [0.25, 0.3) is 0 Å². The molecule has 0 unspecified atom stereocenters. The molecule has 0 saturated carbocycles. The Labute approximate surface area is 151 Å². The molecule has 0 fully saturated rings. The predicted molar refractivity (Wildman–Crippen MR) is 100 cm³/mol. The highest BCUT2D eigenvalue weighted by atomic mass is 35.5. The molecule has 1 heterocycles. The number of amides is 2. The third-order valence-electron chi connectivity index (χ3n) is 4.15. The van der Waals surface area contributed by atoms with Crippen molar-refractivity contribution in [3.05, 3.63) is 58.6 Å². The largest absolute Gasteiger partial charge is 0.412 e. The van der Waals surface area contributed by atoms with Gasteiger partial charge < -0.3 is 15.7 Å². The smallest absolute Gasteiger partial charge is 0.228 e. The van der Waals surface area contributed by atoms with Gasteiger partial charge in [-0.1, -0.05) is 29.8 Å². The van der Waals surface area contributed by atoms with Crippen LogP contribution in [-0.2, 0) is 22.4 Å². The number of rotatable bonds is 3. The van der Waals surface area contributed by atoms with Crippen LogP contribution in [0.1, 0.15) is 24.5 Å². The number of hydrogen-bond donors (Lipinski definition) is 1. The van der Waals surface area contributed by atoms with E-state index in [1.54, 1.807) is 24.0 Å². The summed E-state index contributed by atoms with van der Waals surface area (Å²) in [5.41, 5.74) is 3.66. The Kier molecular flexibility index (Phi) is 6.17. The molecule has 0 radical (unpaired) electrons. The Bertz CT molecular complexity index is 775. The fraction of sp³-hybridized carbons (Fsp3) is 0.263. The summed E-state index contributed by atoms with van der Waals surface area (Å²) < 4.78 is 0. The fourth-order valence-electron chi connectivity index (χ4n) is 2.97. The molecule has 0 atom stereocenters. The molecular weight excluding hydrogens is 340 g/mol. The number of fused-ring (bicyclic) bond motifs is 1. The van der Waals surface area contributed by atoms with E-state index in [0.717, 1.165) is 36.2 Å². The van der Waals surface area contributed by atoms with Crippen molar-refractivity contribution in [2.24, 2.45) is 0 Å². The SMILES string of the molecule is CC(=O)N1CCCc2ccc(NC(=O)Cc3ccc(Cl)cc3)cc21.O. The normalized spacial score (nSPS) is 12.8. The van der Waals surface area contributed by atoms with Gasteiger partial charge in [-0.05, 0) is 48.2 Å². The van der Waals surface area contributed by atoms with Gasteiger partial charge in [0.2, 0.25) is 11.8 Å². The topological polar surface area (TPSA) is 80.9 Å². The minimum Gasteiger partial charge on any atom is -0.412 e. The molecule has 1 aliphatic heterocycles. The Morgan fingerprint density at radius 2 is 1.88 bits per heavy atom. The molecule has 2 amide bonds. The Hall–Kier alpha value is -2.37. The molecule has 3 N–H and O–H groups in total. The number of nitrogens with zero attached hydrogens (tertiary/aromatic N) is 1. The molecule has 0 aromatic heterocycles. The minimum atomic E-state index is -0.0949. The average Bonchev–Trinajstić information content (AvgIpc) is 2.56. The first-order chi connectivity index (χ1) is 11.5. The van der Waals surface area contributed by atoms with E-state index in [1.807, 2.05) is 30.3 Å². The summed E-state index contributed by atoms with van der Waals surface area (Å²) in [6.45, 7) is 2.30. The predicted octanol–water partition coefficient (Wildman–Crippen LogP) is 3.00. The summed E-state index contributed by atoms with van der Waals surface area (Å²) in [7, 11) is 0. The molecule has 0 aliphatic carbocycles. The zero-order chi connectivity index (χ0) is 17.1. The van der Waals surface area contributed by atoms with Gasteiger partial charge in [0.1, 0.15) is 0 Å². The van der Waals surface area contributed by atoms with Crippen LogP contribution in [0.2, 0.25) is 5.02 Å².